The summed E-state index contributed by atoms with van der Waals surface area (Å²) in [6.07, 6.45) is -1.05. The number of ether oxygens (including phenoxy) is 1. The van der Waals surface area contributed by atoms with Gasteiger partial charge in [0.2, 0.25) is 0 Å². The van der Waals surface area contributed by atoms with Gasteiger partial charge in [-0.1, -0.05) is 30.3 Å². The Morgan fingerprint density at radius 1 is 1.00 bits per heavy atom. The second-order valence-corrected chi connectivity index (χ2v) is 6.56. The Kier molecular flexibility index (Phi) is 6.40. The van der Waals surface area contributed by atoms with Crippen molar-refractivity contribution in [2.45, 2.75) is 13.0 Å². The quantitative estimate of drug-likeness (QED) is 0.617. The van der Waals surface area contributed by atoms with Crippen molar-refractivity contribution in [1.82, 2.24) is 5.32 Å². The molecule has 0 saturated carbocycles. The van der Waals surface area contributed by atoms with Gasteiger partial charge in [-0.3, -0.25) is 14.4 Å². The molecule has 0 aliphatic rings. The molecule has 0 heterocycles. The molecule has 0 fully saturated rings. The lowest BCUT2D eigenvalue weighted by Crippen LogP contribution is -2.35. The number of nitrogens with zero attached hydrogens (tertiary/aromatic N) is 1. The Labute approximate surface area is 173 Å². The minimum atomic E-state index is -1.05. The smallest absolute Gasteiger partial charge is 0.326 e. The summed E-state index contributed by atoms with van der Waals surface area (Å²) in [6, 6.07) is 21.2. The van der Waals surface area contributed by atoms with E-state index in [-0.39, 0.29) is 6.54 Å². The van der Waals surface area contributed by atoms with Crippen LogP contribution in [0.5, 0.6) is 0 Å². The monoisotopic (exact) mass is 401 g/mol. The van der Waals surface area contributed by atoms with Crippen LogP contribution in [0.1, 0.15) is 22.8 Å². The molecule has 7 nitrogen and oxygen atoms in total. The molecule has 7 heteroatoms. The van der Waals surface area contributed by atoms with Crippen LogP contribution in [-0.2, 0) is 14.3 Å². The summed E-state index contributed by atoms with van der Waals surface area (Å²) < 4.78 is 5.07. The van der Waals surface area contributed by atoms with Crippen LogP contribution in [-0.4, -0.2) is 30.4 Å². The molecular formula is C23H19N3O4. The van der Waals surface area contributed by atoms with Gasteiger partial charge in [-0.25, -0.2) is 0 Å². The fraction of sp³-hybridized carbons (Fsp3) is 0.130. The SMILES string of the molecule is C[C@@H](OC(=O)CNC(=O)c1ccc2ccccc2c1)C(=O)Nc1ccc(C#N)cc1. The standard InChI is InChI=1S/C23H19N3O4/c1-15(22(28)26-20-10-6-16(13-24)7-11-20)30-21(27)14-25-23(29)19-9-8-17-4-2-3-5-18(17)12-19/h2-12,15H,14H2,1H3,(H,25,29)(H,26,28)/t15-/m1/s1. The van der Waals surface area contributed by atoms with E-state index in [9.17, 15) is 14.4 Å². The molecule has 0 aromatic heterocycles. The molecule has 0 aliphatic carbocycles. The topological polar surface area (TPSA) is 108 Å². The summed E-state index contributed by atoms with van der Waals surface area (Å²) in [4.78, 5) is 36.4. The van der Waals surface area contributed by atoms with Gasteiger partial charge in [0.25, 0.3) is 11.8 Å². The molecular weight excluding hydrogens is 382 g/mol. The number of carbonyl (C=O) groups excluding carboxylic acids is 3. The number of amides is 2. The van der Waals surface area contributed by atoms with Crippen LogP contribution in [0, 0.1) is 11.3 Å². The minimum Gasteiger partial charge on any atom is -0.451 e. The Bertz CT molecular complexity index is 1130. The molecule has 1 atom stereocenters. The van der Waals surface area contributed by atoms with Crippen LogP contribution in [0.4, 0.5) is 5.69 Å². The molecule has 3 aromatic rings. The van der Waals surface area contributed by atoms with E-state index in [1.54, 1.807) is 36.4 Å². The van der Waals surface area contributed by atoms with E-state index in [1.807, 2.05) is 36.4 Å². The molecule has 0 saturated heterocycles. The van der Waals surface area contributed by atoms with E-state index in [0.29, 0.717) is 16.8 Å². The summed E-state index contributed by atoms with van der Waals surface area (Å²) in [6.45, 7) is 1.07. The second-order valence-electron chi connectivity index (χ2n) is 6.56. The average molecular weight is 401 g/mol. The van der Waals surface area contributed by atoms with Gasteiger partial charge in [-0.15, -0.1) is 0 Å². The van der Waals surface area contributed by atoms with Crippen LogP contribution < -0.4 is 10.6 Å². The molecule has 3 aromatic carbocycles. The number of nitriles is 1. The highest BCUT2D eigenvalue weighted by Crippen LogP contribution is 2.15. The first-order chi connectivity index (χ1) is 14.5. The maximum atomic E-state index is 12.3. The summed E-state index contributed by atoms with van der Waals surface area (Å²) >= 11 is 0. The van der Waals surface area contributed by atoms with Gasteiger partial charge in [0.1, 0.15) is 6.54 Å². The fourth-order valence-corrected chi connectivity index (χ4v) is 2.75. The molecule has 0 aliphatic heterocycles. The lowest BCUT2D eigenvalue weighted by molar-refractivity contribution is -0.152. The summed E-state index contributed by atoms with van der Waals surface area (Å²) in [7, 11) is 0. The highest BCUT2D eigenvalue weighted by molar-refractivity contribution is 6.00. The molecule has 0 spiro atoms. The third kappa shape index (κ3) is 5.20. The maximum Gasteiger partial charge on any atom is 0.326 e. The molecule has 2 amide bonds. The van der Waals surface area contributed by atoms with Gasteiger partial charge in [-0.05, 0) is 54.1 Å². The van der Waals surface area contributed by atoms with Crippen molar-refractivity contribution in [3.63, 3.8) is 0 Å². The molecule has 0 bridgehead atoms. The lowest BCUT2D eigenvalue weighted by Gasteiger charge is -2.14. The molecule has 0 radical (unpaired) electrons. The van der Waals surface area contributed by atoms with Gasteiger partial charge in [0.05, 0.1) is 11.6 Å². The van der Waals surface area contributed by atoms with Crippen molar-refractivity contribution in [3.05, 3.63) is 77.9 Å². The van der Waals surface area contributed by atoms with Crippen LogP contribution >= 0.6 is 0 Å². The van der Waals surface area contributed by atoms with Gasteiger partial charge in [-0.2, -0.15) is 5.26 Å². The van der Waals surface area contributed by atoms with Crippen LogP contribution in [0.15, 0.2) is 66.7 Å². The largest absolute Gasteiger partial charge is 0.451 e. The Balaban J connectivity index is 1.49. The van der Waals surface area contributed by atoms with Gasteiger partial charge in [0, 0.05) is 11.3 Å². The zero-order valence-corrected chi connectivity index (χ0v) is 16.2. The van der Waals surface area contributed by atoms with E-state index in [0.717, 1.165) is 10.8 Å². The number of rotatable bonds is 6. The predicted octanol–water partition coefficient (Wildman–Crippen LogP) is 3.01. The average Bonchev–Trinajstić information content (AvgIpc) is 2.77. The van der Waals surface area contributed by atoms with E-state index in [1.165, 1.54) is 6.92 Å². The summed E-state index contributed by atoms with van der Waals surface area (Å²) in [5, 5.41) is 15.8. The van der Waals surface area contributed by atoms with Crippen molar-refractivity contribution in [1.29, 1.82) is 5.26 Å². The number of hydrogen-bond donors (Lipinski definition) is 2. The lowest BCUT2D eigenvalue weighted by atomic mass is 10.1. The van der Waals surface area contributed by atoms with E-state index >= 15 is 0 Å². The predicted molar refractivity (Wildman–Crippen MR) is 112 cm³/mol. The number of benzene rings is 3. The molecule has 150 valence electrons. The van der Waals surface area contributed by atoms with Crippen LogP contribution in [0.25, 0.3) is 10.8 Å². The van der Waals surface area contributed by atoms with Gasteiger partial charge < -0.3 is 15.4 Å². The van der Waals surface area contributed by atoms with Crippen molar-refractivity contribution in [2.24, 2.45) is 0 Å². The highest BCUT2D eigenvalue weighted by atomic mass is 16.5. The van der Waals surface area contributed by atoms with Crippen molar-refractivity contribution in [3.8, 4) is 6.07 Å². The Morgan fingerprint density at radius 2 is 1.70 bits per heavy atom. The van der Waals surface area contributed by atoms with E-state index in [2.05, 4.69) is 10.6 Å². The highest BCUT2D eigenvalue weighted by Gasteiger charge is 2.18. The number of carbonyl (C=O) groups is 3. The zero-order valence-electron chi connectivity index (χ0n) is 16.2. The first-order valence-corrected chi connectivity index (χ1v) is 9.24. The normalized spacial score (nSPS) is 11.2. The van der Waals surface area contributed by atoms with E-state index < -0.39 is 23.9 Å². The van der Waals surface area contributed by atoms with Crippen LogP contribution in [0.2, 0.25) is 0 Å². The Morgan fingerprint density at radius 3 is 2.40 bits per heavy atom. The van der Waals surface area contributed by atoms with Crippen LogP contribution in [0.3, 0.4) is 0 Å². The van der Waals surface area contributed by atoms with Crippen molar-refractivity contribution >= 4 is 34.2 Å². The third-order valence-corrected chi connectivity index (χ3v) is 4.36. The van der Waals surface area contributed by atoms with Gasteiger partial charge in [0.15, 0.2) is 6.10 Å². The number of esters is 1. The third-order valence-electron chi connectivity index (χ3n) is 4.36. The van der Waals surface area contributed by atoms with E-state index in [4.69, 9.17) is 10.00 Å². The van der Waals surface area contributed by atoms with Crippen molar-refractivity contribution < 1.29 is 19.1 Å². The van der Waals surface area contributed by atoms with Crippen molar-refractivity contribution in [2.75, 3.05) is 11.9 Å². The summed E-state index contributed by atoms with van der Waals surface area (Å²) in [5.41, 5.74) is 1.37. The first-order valence-electron chi connectivity index (χ1n) is 9.24. The van der Waals surface area contributed by atoms with Gasteiger partial charge >= 0.3 is 5.97 Å². The second kappa shape index (κ2) is 9.34. The maximum absolute atomic E-state index is 12.3. The molecule has 3 rings (SSSR count). The first kappa shape index (κ1) is 20.6. The Hall–Kier alpha value is -4.18. The molecule has 2 N–H and O–H groups in total. The molecule has 0 unspecified atom stereocenters. The zero-order chi connectivity index (χ0) is 21.5. The number of hydrogen-bond acceptors (Lipinski definition) is 5. The minimum absolute atomic E-state index is 0.361. The summed E-state index contributed by atoms with van der Waals surface area (Å²) in [5.74, 6) is -1.66. The molecule has 30 heavy (non-hydrogen) atoms. The fourth-order valence-electron chi connectivity index (χ4n) is 2.75. The number of nitrogens with one attached hydrogen (secondary N) is 2. The number of anilines is 1. The number of fused-ring (bicyclic) bond motifs is 1.